The van der Waals surface area contributed by atoms with Crippen LogP contribution in [0.4, 0.5) is 13.2 Å². The number of halogens is 4. The molecule has 3 aromatic heterocycles. The van der Waals surface area contributed by atoms with E-state index < -0.39 is 11.7 Å². The third-order valence-corrected chi connectivity index (χ3v) is 4.30. The minimum atomic E-state index is -4.53. The Hall–Kier alpha value is -3.00. The fourth-order valence-corrected chi connectivity index (χ4v) is 3.10. The predicted molar refractivity (Wildman–Crippen MR) is 91.5 cm³/mol. The van der Waals surface area contributed by atoms with Crippen molar-refractivity contribution in [1.29, 1.82) is 0 Å². The van der Waals surface area contributed by atoms with Crippen LogP contribution in [0.2, 0.25) is 5.02 Å². The molecule has 0 fully saturated rings. The van der Waals surface area contributed by atoms with E-state index in [0.29, 0.717) is 16.6 Å². The van der Waals surface area contributed by atoms with Crippen molar-refractivity contribution in [3.8, 4) is 16.9 Å². The van der Waals surface area contributed by atoms with E-state index in [9.17, 15) is 18.0 Å². The van der Waals surface area contributed by atoms with Gasteiger partial charge < -0.3 is 5.10 Å². The number of aromatic amines is 2. The van der Waals surface area contributed by atoms with Crippen molar-refractivity contribution in [3.05, 3.63) is 69.9 Å². The lowest BCUT2D eigenvalue weighted by atomic mass is 10.1. The minimum Gasteiger partial charge on any atom is -0.305 e. The highest BCUT2D eigenvalue weighted by atomic mass is 35.5. The van der Waals surface area contributed by atoms with Gasteiger partial charge in [0.2, 0.25) is 0 Å². The topological polar surface area (TPSA) is 66.5 Å². The molecule has 0 bridgehead atoms. The number of pyridine rings is 1. The highest BCUT2D eigenvalue weighted by molar-refractivity contribution is 6.32. The smallest absolute Gasteiger partial charge is 0.305 e. The predicted octanol–water partition coefficient (Wildman–Crippen LogP) is 4.38. The molecule has 0 aliphatic heterocycles. The molecule has 5 nitrogen and oxygen atoms in total. The minimum absolute atomic E-state index is 0.143. The maximum absolute atomic E-state index is 12.8. The van der Waals surface area contributed by atoms with Crippen molar-refractivity contribution in [3.63, 3.8) is 0 Å². The van der Waals surface area contributed by atoms with Crippen LogP contribution in [0.25, 0.3) is 27.8 Å². The Balaban J connectivity index is 1.96. The number of benzene rings is 1. The number of rotatable bonds is 2. The summed E-state index contributed by atoms with van der Waals surface area (Å²) in [6.07, 6.45) is -0.642. The largest absolute Gasteiger partial charge is 0.417 e. The van der Waals surface area contributed by atoms with Gasteiger partial charge in [0.15, 0.2) is 5.82 Å². The fourth-order valence-electron chi connectivity index (χ4n) is 2.84. The molecule has 0 unspecified atom stereocenters. The maximum Gasteiger partial charge on any atom is 0.417 e. The number of fused-ring (bicyclic) bond motifs is 1. The Labute approximate surface area is 149 Å². The van der Waals surface area contributed by atoms with Crippen LogP contribution in [0, 0.1) is 0 Å². The molecule has 4 aromatic rings. The second-order valence-electron chi connectivity index (χ2n) is 5.61. The molecule has 0 amide bonds. The molecule has 1 aromatic carbocycles. The van der Waals surface area contributed by atoms with E-state index in [2.05, 4.69) is 15.2 Å². The number of hydrogen-bond acceptors (Lipinski definition) is 2. The van der Waals surface area contributed by atoms with Crippen LogP contribution in [0.1, 0.15) is 5.56 Å². The molecule has 0 aliphatic rings. The number of nitrogens with zero attached hydrogens (tertiary/aromatic N) is 2. The van der Waals surface area contributed by atoms with E-state index in [0.717, 1.165) is 17.6 Å². The van der Waals surface area contributed by atoms with Crippen LogP contribution >= 0.6 is 11.6 Å². The number of nitrogens with one attached hydrogen (secondary N) is 2. The van der Waals surface area contributed by atoms with Gasteiger partial charge in [-0.15, -0.1) is 0 Å². The first kappa shape index (κ1) is 16.5. The van der Waals surface area contributed by atoms with E-state index in [4.69, 9.17) is 11.6 Å². The highest BCUT2D eigenvalue weighted by Crippen LogP contribution is 2.35. The van der Waals surface area contributed by atoms with Crippen LogP contribution in [-0.2, 0) is 6.18 Å². The lowest BCUT2D eigenvalue weighted by molar-refractivity contribution is -0.137. The molecule has 2 N–H and O–H groups in total. The van der Waals surface area contributed by atoms with Crippen molar-refractivity contribution >= 4 is 22.5 Å². The van der Waals surface area contributed by atoms with Crippen LogP contribution in [-0.4, -0.2) is 19.7 Å². The number of hydrogen-bond donors (Lipinski definition) is 2. The molecule has 0 atom stereocenters. The zero-order chi connectivity index (χ0) is 18.5. The van der Waals surface area contributed by atoms with Crippen LogP contribution in [0.5, 0.6) is 0 Å². The van der Waals surface area contributed by atoms with Gasteiger partial charge in [-0.05, 0) is 12.1 Å². The molecule has 0 radical (unpaired) electrons. The van der Waals surface area contributed by atoms with Crippen molar-refractivity contribution in [1.82, 2.24) is 19.7 Å². The summed E-state index contributed by atoms with van der Waals surface area (Å²) in [5.41, 5.74) is 0.450. The molecule has 26 heavy (non-hydrogen) atoms. The number of aromatic nitrogens is 4. The molecule has 0 saturated heterocycles. The Kier molecular flexibility index (Phi) is 3.66. The third-order valence-electron chi connectivity index (χ3n) is 4.03. The van der Waals surface area contributed by atoms with Gasteiger partial charge in [0.1, 0.15) is 0 Å². The molecular formula is C17H10ClF3N4O. The Morgan fingerprint density at radius 1 is 1.15 bits per heavy atom. The van der Waals surface area contributed by atoms with Crippen LogP contribution < -0.4 is 5.56 Å². The lowest BCUT2D eigenvalue weighted by Gasteiger charge is -2.10. The average molecular weight is 379 g/mol. The first-order chi connectivity index (χ1) is 12.4. The second kappa shape index (κ2) is 5.77. The summed E-state index contributed by atoms with van der Waals surface area (Å²) in [6, 6.07) is 8.00. The molecule has 0 spiro atoms. The summed E-state index contributed by atoms with van der Waals surface area (Å²) in [6.45, 7) is 0. The highest BCUT2D eigenvalue weighted by Gasteiger charge is 2.32. The van der Waals surface area contributed by atoms with Gasteiger partial charge in [-0.3, -0.25) is 14.5 Å². The molecule has 0 aliphatic carbocycles. The quantitative estimate of drug-likeness (QED) is 0.543. The van der Waals surface area contributed by atoms with Gasteiger partial charge >= 0.3 is 6.18 Å². The summed E-state index contributed by atoms with van der Waals surface area (Å²) in [7, 11) is 0. The van der Waals surface area contributed by atoms with E-state index in [-0.39, 0.29) is 16.4 Å². The van der Waals surface area contributed by atoms with E-state index >= 15 is 0 Å². The Morgan fingerprint density at radius 3 is 2.58 bits per heavy atom. The zero-order valence-corrected chi connectivity index (χ0v) is 13.7. The van der Waals surface area contributed by atoms with Gasteiger partial charge in [0, 0.05) is 29.5 Å². The van der Waals surface area contributed by atoms with Crippen molar-refractivity contribution < 1.29 is 13.2 Å². The van der Waals surface area contributed by atoms with Gasteiger partial charge in [-0.1, -0.05) is 29.8 Å². The number of para-hydroxylation sites is 1. The number of alkyl halides is 3. The summed E-state index contributed by atoms with van der Waals surface area (Å²) >= 11 is 6.08. The molecule has 0 saturated carbocycles. The maximum atomic E-state index is 12.8. The van der Waals surface area contributed by atoms with Gasteiger partial charge in [-0.2, -0.15) is 13.2 Å². The molecule has 4 rings (SSSR count). The van der Waals surface area contributed by atoms with E-state index in [1.54, 1.807) is 29.0 Å². The number of H-pyrrole nitrogens is 2. The first-order valence-corrected chi connectivity index (χ1v) is 7.83. The van der Waals surface area contributed by atoms with Crippen molar-refractivity contribution in [2.75, 3.05) is 0 Å². The molecule has 132 valence electrons. The van der Waals surface area contributed by atoms with Crippen LogP contribution in [0.3, 0.4) is 0 Å². The van der Waals surface area contributed by atoms with E-state index in [1.807, 2.05) is 6.07 Å². The van der Waals surface area contributed by atoms with E-state index in [1.165, 1.54) is 6.20 Å². The van der Waals surface area contributed by atoms with Gasteiger partial charge in [-0.25, -0.2) is 4.98 Å². The summed E-state index contributed by atoms with van der Waals surface area (Å²) in [5.74, 6) is 0.147. The van der Waals surface area contributed by atoms with Crippen molar-refractivity contribution in [2.24, 2.45) is 0 Å². The second-order valence-corrected chi connectivity index (χ2v) is 6.02. The van der Waals surface area contributed by atoms with Gasteiger partial charge in [0.05, 0.1) is 21.7 Å². The molecule has 9 heteroatoms. The first-order valence-electron chi connectivity index (χ1n) is 7.46. The van der Waals surface area contributed by atoms with Gasteiger partial charge in [0.25, 0.3) is 5.56 Å². The molecule has 3 heterocycles. The summed E-state index contributed by atoms with van der Waals surface area (Å²) in [5, 5.41) is 5.69. The lowest BCUT2D eigenvalue weighted by Crippen LogP contribution is -2.07. The Morgan fingerprint density at radius 2 is 1.92 bits per heavy atom. The zero-order valence-electron chi connectivity index (χ0n) is 12.9. The molecular weight excluding hydrogens is 369 g/mol. The summed E-state index contributed by atoms with van der Waals surface area (Å²) < 4.78 is 40.1. The Bertz CT molecular complexity index is 1170. The standard InChI is InChI=1S/C17H10ClF3N4O/c18-13-5-9(17(19,20)21)6-22-15(13)25-8-12(11-7-23-24-16(11)26)10-3-1-2-4-14(10)25/h1-8H,(H2,23,24,26). The monoisotopic (exact) mass is 378 g/mol. The van der Waals surface area contributed by atoms with Crippen molar-refractivity contribution in [2.45, 2.75) is 6.18 Å². The average Bonchev–Trinajstić information content (AvgIpc) is 3.17. The normalized spacial score (nSPS) is 12.0. The summed E-state index contributed by atoms with van der Waals surface area (Å²) in [4.78, 5) is 15.9. The fraction of sp³-hybridized carbons (Fsp3) is 0.0588. The SMILES string of the molecule is O=c1[nH][nH]cc1-c1cn(-c2ncc(C(F)(F)F)cc2Cl)c2ccccc12. The third kappa shape index (κ3) is 2.59. The van der Waals surface area contributed by atoms with Crippen LogP contribution in [0.15, 0.2) is 53.7 Å².